The molecule has 1 aromatic carbocycles. The molecule has 0 aliphatic rings. The van der Waals surface area contributed by atoms with Crippen molar-refractivity contribution in [1.82, 2.24) is 9.97 Å². The smallest absolute Gasteiger partial charge is 0.226 e. The lowest BCUT2D eigenvalue weighted by molar-refractivity contribution is 0.452. The van der Waals surface area contributed by atoms with E-state index in [-0.39, 0.29) is 5.92 Å². The summed E-state index contributed by atoms with van der Waals surface area (Å²) in [5.41, 5.74) is 0.754. The third kappa shape index (κ3) is 3.57. The molecule has 100 valence electrons. The van der Waals surface area contributed by atoms with Crippen molar-refractivity contribution in [1.29, 1.82) is 0 Å². The van der Waals surface area contributed by atoms with Crippen LogP contribution in [0.3, 0.4) is 0 Å². The van der Waals surface area contributed by atoms with Gasteiger partial charge in [0.2, 0.25) is 5.88 Å². The molecule has 0 N–H and O–H groups in total. The van der Waals surface area contributed by atoms with E-state index in [2.05, 4.69) is 32.6 Å². The van der Waals surface area contributed by atoms with Crippen LogP contribution in [0.1, 0.15) is 31.2 Å². The zero-order valence-electron chi connectivity index (χ0n) is 10.9. The first kappa shape index (κ1) is 14.5. The third-order valence-electron chi connectivity index (χ3n) is 2.60. The van der Waals surface area contributed by atoms with Gasteiger partial charge in [-0.25, -0.2) is 4.98 Å². The molecule has 2 rings (SSSR count). The van der Waals surface area contributed by atoms with Gasteiger partial charge >= 0.3 is 0 Å². The van der Waals surface area contributed by atoms with Crippen molar-refractivity contribution in [2.75, 3.05) is 0 Å². The molecule has 0 saturated heterocycles. The van der Waals surface area contributed by atoms with Gasteiger partial charge in [0, 0.05) is 15.1 Å². The quantitative estimate of drug-likeness (QED) is 0.551. The third-order valence-corrected chi connectivity index (χ3v) is 3.69. The molecule has 0 saturated carbocycles. The van der Waals surface area contributed by atoms with Crippen molar-refractivity contribution < 1.29 is 4.74 Å². The minimum absolute atomic E-state index is 0.206. The first-order chi connectivity index (χ1) is 8.97. The van der Waals surface area contributed by atoms with Gasteiger partial charge in [-0.2, -0.15) is 4.98 Å². The van der Waals surface area contributed by atoms with Crippen LogP contribution in [-0.4, -0.2) is 9.97 Å². The highest BCUT2D eigenvalue weighted by atomic mass is 127. The number of rotatable bonds is 3. The summed E-state index contributed by atoms with van der Waals surface area (Å²) >= 11 is 8.37. The van der Waals surface area contributed by atoms with E-state index in [0.717, 1.165) is 14.9 Å². The van der Waals surface area contributed by atoms with E-state index in [1.54, 1.807) is 0 Å². The number of ether oxygens (including phenoxy) is 1. The Hall–Kier alpha value is -0.880. The van der Waals surface area contributed by atoms with Crippen molar-refractivity contribution in [2.24, 2.45) is 0 Å². The Morgan fingerprint density at radius 3 is 2.37 bits per heavy atom. The van der Waals surface area contributed by atoms with Gasteiger partial charge in [-0.1, -0.05) is 25.4 Å². The van der Waals surface area contributed by atoms with Crippen molar-refractivity contribution >= 4 is 34.2 Å². The molecule has 19 heavy (non-hydrogen) atoms. The molecule has 0 bridgehead atoms. The monoisotopic (exact) mass is 388 g/mol. The lowest BCUT2D eigenvalue weighted by Gasteiger charge is -2.12. The molecule has 3 nitrogen and oxygen atoms in total. The first-order valence-corrected chi connectivity index (χ1v) is 7.40. The summed E-state index contributed by atoms with van der Waals surface area (Å²) in [4.78, 5) is 8.69. The van der Waals surface area contributed by atoms with Gasteiger partial charge in [0.1, 0.15) is 16.7 Å². The molecular formula is C14H14ClIN2O. The molecule has 1 heterocycles. The van der Waals surface area contributed by atoms with Crippen LogP contribution in [0.4, 0.5) is 0 Å². The van der Waals surface area contributed by atoms with Crippen LogP contribution in [0.25, 0.3) is 0 Å². The number of aromatic nitrogens is 2. The van der Waals surface area contributed by atoms with Gasteiger partial charge in [0.05, 0.1) is 0 Å². The summed E-state index contributed by atoms with van der Waals surface area (Å²) in [6.45, 7) is 5.90. The summed E-state index contributed by atoms with van der Waals surface area (Å²) < 4.78 is 6.95. The molecule has 0 spiro atoms. The second-order valence-corrected chi connectivity index (χ2v) is 6.12. The average Bonchev–Trinajstić information content (AvgIpc) is 2.37. The molecule has 0 aliphatic heterocycles. The summed E-state index contributed by atoms with van der Waals surface area (Å²) in [6, 6.07) is 7.79. The Morgan fingerprint density at radius 2 is 1.79 bits per heavy atom. The molecule has 0 aliphatic carbocycles. The van der Waals surface area contributed by atoms with E-state index in [1.165, 1.54) is 0 Å². The van der Waals surface area contributed by atoms with E-state index in [9.17, 15) is 0 Å². The number of halogens is 2. The zero-order chi connectivity index (χ0) is 14.0. The number of hydrogen-bond acceptors (Lipinski definition) is 3. The Balaban J connectivity index is 2.36. The van der Waals surface area contributed by atoms with Crippen LogP contribution >= 0.6 is 34.2 Å². The number of nitrogens with zero attached hydrogens (tertiary/aromatic N) is 2. The fourth-order valence-electron chi connectivity index (χ4n) is 1.46. The Bertz CT molecular complexity index is 585. The lowest BCUT2D eigenvalue weighted by atomic mass is 10.2. The van der Waals surface area contributed by atoms with Gasteiger partial charge in [0.25, 0.3) is 0 Å². The maximum absolute atomic E-state index is 6.12. The van der Waals surface area contributed by atoms with Crippen LogP contribution in [0.2, 0.25) is 5.15 Å². The molecule has 0 amide bonds. The SMILES string of the molecule is Cc1c(Cl)nc(C(C)C)nc1Oc1ccc(I)cc1. The molecule has 5 heteroatoms. The second-order valence-electron chi connectivity index (χ2n) is 4.51. The van der Waals surface area contributed by atoms with Gasteiger partial charge in [-0.3, -0.25) is 0 Å². The van der Waals surface area contributed by atoms with Gasteiger partial charge in [0.15, 0.2) is 0 Å². The van der Waals surface area contributed by atoms with Crippen molar-refractivity contribution in [3.8, 4) is 11.6 Å². The summed E-state index contributed by atoms with van der Waals surface area (Å²) in [6.07, 6.45) is 0. The van der Waals surface area contributed by atoms with Crippen LogP contribution in [0.5, 0.6) is 11.6 Å². The maximum atomic E-state index is 6.12. The Morgan fingerprint density at radius 1 is 1.16 bits per heavy atom. The van der Waals surface area contributed by atoms with Crippen LogP contribution < -0.4 is 4.74 Å². The summed E-state index contributed by atoms with van der Waals surface area (Å²) in [5, 5.41) is 0.444. The zero-order valence-corrected chi connectivity index (χ0v) is 13.9. The minimum Gasteiger partial charge on any atom is -0.439 e. The Kier molecular flexibility index (Phi) is 4.62. The Labute approximate surface area is 131 Å². The average molecular weight is 389 g/mol. The highest BCUT2D eigenvalue weighted by Gasteiger charge is 2.13. The predicted molar refractivity (Wildman–Crippen MR) is 85.1 cm³/mol. The highest BCUT2D eigenvalue weighted by molar-refractivity contribution is 14.1. The number of hydrogen-bond donors (Lipinski definition) is 0. The molecule has 1 aromatic heterocycles. The largest absolute Gasteiger partial charge is 0.439 e. The predicted octanol–water partition coefficient (Wildman–Crippen LogP) is 4.96. The van der Waals surface area contributed by atoms with Gasteiger partial charge in [-0.15, -0.1) is 0 Å². The maximum Gasteiger partial charge on any atom is 0.226 e. The van der Waals surface area contributed by atoms with Crippen molar-refractivity contribution in [3.63, 3.8) is 0 Å². The van der Waals surface area contributed by atoms with E-state index in [1.807, 2.05) is 45.0 Å². The molecular weight excluding hydrogens is 375 g/mol. The van der Waals surface area contributed by atoms with Crippen molar-refractivity contribution in [2.45, 2.75) is 26.7 Å². The summed E-state index contributed by atoms with van der Waals surface area (Å²) in [5.74, 6) is 2.16. The second kappa shape index (κ2) is 6.05. The van der Waals surface area contributed by atoms with E-state index in [4.69, 9.17) is 16.3 Å². The van der Waals surface area contributed by atoms with E-state index >= 15 is 0 Å². The molecule has 0 fully saturated rings. The van der Waals surface area contributed by atoms with Crippen molar-refractivity contribution in [3.05, 3.63) is 44.4 Å². The highest BCUT2D eigenvalue weighted by Crippen LogP contribution is 2.28. The lowest BCUT2D eigenvalue weighted by Crippen LogP contribution is -2.02. The first-order valence-electron chi connectivity index (χ1n) is 5.95. The molecule has 0 unspecified atom stereocenters. The number of benzene rings is 1. The molecule has 2 aromatic rings. The van der Waals surface area contributed by atoms with Gasteiger partial charge in [-0.05, 0) is 53.8 Å². The van der Waals surface area contributed by atoms with E-state index < -0.39 is 0 Å². The molecule has 0 atom stereocenters. The molecule has 0 radical (unpaired) electrons. The summed E-state index contributed by atoms with van der Waals surface area (Å²) in [7, 11) is 0. The fraction of sp³-hybridized carbons (Fsp3) is 0.286. The van der Waals surface area contributed by atoms with Crippen LogP contribution in [0, 0.1) is 10.5 Å². The standard InChI is InChI=1S/C14H14ClIN2O/c1-8(2)13-17-12(15)9(3)14(18-13)19-11-6-4-10(16)5-7-11/h4-8H,1-3H3. The normalized spacial score (nSPS) is 10.8. The van der Waals surface area contributed by atoms with Gasteiger partial charge < -0.3 is 4.74 Å². The van der Waals surface area contributed by atoms with E-state index in [0.29, 0.717) is 16.9 Å². The minimum atomic E-state index is 0.206. The fourth-order valence-corrected chi connectivity index (χ4v) is 1.98. The topological polar surface area (TPSA) is 35.0 Å². The van der Waals surface area contributed by atoms with Crippen LogP contribution in [-0.2, 0) is 0 Å². The van der Waals surface area contributed by atoms with Crippen LogP contribution in [0.15, 0.2) is 24.3 Å².